The van der Waals surface area contributed by atoms with Gasteiger partial charge in [-0.25, -0.2) is 14.4 Å². The fraction of sp³-hybridized carbons (Fsp3) is 0.286. The van der Waals surface area contributed by atoms with Crippen molar-refractivity contribution >= 4 is 5.95 Å². The van der Waals surface area contributed by atoms with Crippen molar-refractivity contribution in [2.75, 3.05) is 24.5 Å². The summed E-state index contributed by atoms with van der Waals surface area (Å²) in [4.78, 5) is 10.7. The Kier molecular flexibility index (Phi) is 3.37. The number of benzene rings is 1. The first-order chi connectivity index (χ1) is 9.33. The van der Waals surface area contributed by atoms with Gasteiger partial charge in [0.15, 0.2) is 0 Å². The molecule has 1 saturated heterocycles. The van der Waals surface area contributed by atoms with Gasteiger partial charge >= 0.3 is 0 Å². The molecule has 3 rings (SSSR count). The molecule has 1 unspecified atom stereocenters. The first kappa shape index (κ1) is 12.0. The first-order valence-corrected chi connectivity index (χ1v) is 6.34. The zero-order valence-corrected chi connectivity index (χ0v) is 10.5. The number of hydrogen-bond donors (Lipinski definition) is 1. The smallest absolute Gasteiger partial charge is 0.225 e. The third kappa shape index (κ3) is 2.71. The normalized spacial score (nSPS) is 19.4. The van der Waals surface area contributed by atoms with E-state index in [1.807, 2.05) is 18.2 Å². The van der Waals surface area contributed by atoms with Gasteiger partial charge in [-0.2, -0.15) is 0 Å². The quantitative estimate of drug-likeness (QED) is 0.891. The molecule has 1 N–H and O–H groups in total. The van der Waals surface area contributed by atoms with Gasteiger partial charge in [-0.15, -0.1) is 0 Å². The number of anilines is 1. The molecule has 0 bridgehead atoms. The lowest BCUT2D eigenvalue weighted by atomic mass is 10.0. The van der Waals surface area contributed by atoms with E-state index in [1.54, 1.807) is 12.4 Å². The van der Waals surface area contributed by atoms with Gasteiger partial charge in [0.25, 0.3) is 0 Å². The Morgan fingerprint density at radius 3 is 2.63 bits per heavy atom. The van der Waals surface area contributed by atoms with Crippen LogP contribution in [0.3, 0.4) is 0 Å². The van der Waals surface area contributed by atoms with E-state index in [0.29, 0.717) is 0 Å². The highest BCUT2D eigenvalue weighted by molar-refractivity contribution is 5.32. The maximum atomic E-state index is 12.9. The highest BCUT2D eigenvalue weighted by Gasteiger charge is 2.22. The van der Waals surface area contributed by atoms with Crippen molar-refractivity contribution in [1.82, 2.24) is 15.3 Å². The Morgan fingerprint density at radius 2 is 1.89 bits per heavy atom. The van der Waals surface area contributed by atoms with Crippen LogP contribution in [-0.2, 0) is 0 Å². The van der Waals surface area contributed by atoms with Gasteiger partial charge in [-0.05, 0) is 23.8 Å². The van der Waals surface area contributed by atoms with Crippen LogP contribution in [0, 0.1) is 5.82 Å². The second kappa shape index (κ2) is 5.32. The Morgan fingerprint density at radius 1 is 1.16 bits per heavy atom. The van der Waals surface area contributed by atoms with Crippen LogP contribution >= 0.6 is 0 Å². The fourth-order valence-corrected chi connectivity index (χ4v) is 2.30. The minimum absolute atomic E-state index is 0.179. The summed E-state index contributed by atoms with van der Waals surface area (Å²) in [5, 5.41) is 3.43. The molecule has 0 spiro atoms. The lowest BCUT2D eigenvalue weighted by Gasteiger charge is -2.33. The number of nitrogens with zero attached hydrogens (tertiary/aromatic N) is 3. The number of hydrogen-bond acceptors (Lipinski definition) is 4. The summed E-state index contributed by atoms with van der Waals surface area (Å²) in [7, 11) is 0. The molecular weight excluding hydrogens is 243 g/mol. The van der Waals surface area contributed by atoms with Crippen LogP contribution in [-0.4, -0.2) is 29.6 Å². The van der Waals surface area contributed by atoms with Crippen molar-refractivity contribution in [3.05, 3.63) is 54.1 Å². The van der Waals surface area contributed by atoms with Gasteiger partial charge in [0.2, 0.25) is 5.95 Å². The van der Waals surface area contributed by atoms with Crippen LogP contribution in [0.4, 0.5) is 10.3 Å². The third-order valence-corrected chi connectivity index (χ3v) is 3.28. The predicted octanol–water partition coefficient (Wildman–Crippen LogP) is 1.77. The van der Waals surface area contributed by atoms with Gasteiger partial charge in [0.1, 0.15) is 5.82 Å². The van der Waals surface area contributed by atoms with Crippen LogP contribution in [0.25, 0.3) is 0 Å². The van der Waals surface area contributed by atoms with Crippen molar-refractivity contribution in [3.63, 3.8) is 0 Å². The molecule has 98 valence electrons. The SMILES string of the molecule is Fc1ccc(C2CN(c3ncccn3)CCN2)cc1. The summed E-state index contributed by atoms with van der Waals surface area (Å²) in [6.07, 6.45) is 3.49. The summed E-state index contributed by atoms with van der Waals surface area (Å²) in [5.74, 6) is 0.541. The van der Waals surface area contributed by atoms with E-state index >= 15 is 0 Å². The summed E-state index contributed by atoms with van der Waals surface area (Å²) in [6, 6.07) is 8.62. The molecule has 1 aliphatic heterocycles. The number of nitrogens with one attached hydrogen (secondary N) is 1. The number of rotatable bonds is 2. The van der Waals surface area contributed by atoms with Crippen LogP contribution in [0.2, 0.25) is 0 Å². The van der Waals surface area contributed by atoms with Gasteiger partial charge in [0, 0.05) is 38.1 Å². The second-order valence-corrected chi connectivity index (χ2v) is 4.55. The average Bonchev–Trinajstić information content (AvgIpc) is 2.49. The molecule has 0 aliphatic carbocycles. The van der Waals surface area contributed by atoms with Gasteiger partial charge in [-0.3, -0.25) is 0 Å². The van der Waals surface area contributed by atoms with E-state index < -0.39 is 0 Å². The standard InChI is InChI=1S/C14H15FN4/c15-12-4-2-11(3-5-12)13-10-19(9-8-16-13)14-17-6-1-7-18-14/h1-7,13,16H,8-10H2. The topological polar surface area (TPSA) is 41.1 Å². The molecule has 1 atom stereocenters. The molecule has 19 heavy (non-hydrogen) atoms. The Labute approximate surface area is 111 Å². The maximum absolute atomic E-state index is 12.9. The molecule has 2 aromatic rings. The Hall–Kier alpha value is -2.01. The maximum Gasteiger partial charge on any atom is 0.225 e. The van der Waals surface area contributed by atoms with Crippen LogP contribution in [0.15, 0.2) is 42.7 Å². The molecule has 1 aromatic carbocycles. The summed E-state index contributed by atoms with van der Waals surface area (Å²) in [5.41, 5.74) is 1.09. The second-order valence-electron chi connectivity index (χ2n) is 4.55. The number of piperazine rings is 1. The van der Waals surface area contributed by atoms with Crippen molar-refractivity contribution in [2.24, 2.45) is 0 Å². The fourth-order valence-electron chi connectivity index (χ4n) is 2.30. The first-order valence-electron chi connectivity index (χ1n) is 6.34. The van der Waals surface area contributed by atoms with E-state index in [2.05, 4.69) is 20.2 Å². The zero-order valence-electron chi connectivity index (χ0n) is 10.5. The van der Waals surface area contributed by atoms with Crippen LogP contribution in [0.1, 0.15) is 11.6 Å². The minimum Gasteiger partial charge on any atom is -0.338 e. The molecule has 1 aromatic heterocycles. The monoisotopic (exact) mass is 258 g/mol. The minimum atomic E-state index is -0.206. The molecule has 0 radical (unpaired) electrons. The van der Waals surface area contributed by atoms with E-state index in [9.17, 15) is 4.39 Å². The number of aromatic nitrogens is 2. The molecule has 5 heteroatoms. The van der Waals surface area contributed by atoms with Gasteiger partial charge in [0.05, 0.1) is 0 Å². The van der Waals surface area contributed by atoms with Gasteiger partial charge in [-0.1, -0.05) is 12.1 Å². The Balaban J connectivity index is 1.76. The van der Waals surface area contributed by atoms with E-state index in [0.717, 1.165) is 31.1 Å². The molecule has 0 saturated carbocycles. The van der Waals surface area contributed by atoms with Crippen molar-refractivity contribution in [2.45, 2.75) is 6.04 Å². The summed E-state index contributed by atoms with van der Waals surface area (Å²) < 4.78 is 12.9. The van der Waals surface area contributed by atoms with Gasteiger partial charge < -0.3 is 10.2 Å². The van der Waals surface area contributed by atoms with Crippen molar-refractivity contribution in [3.8, 4) is 0 Å². The predicted molar refractivity (Wildman–Crippen MR) is 71.4 cm³/mol. The largest absolute Gasteiger partial charge is 0.338 e. The molecule has 2 heterocycles. The molecule has 0 amide bonds. The zero-order chi connectivity index (χ0) is 13.1. The van der Waals surface area contributed by atoms with E-state index in [4.69, 9.17) is 0 Å². The molecule has 1 aliphatic rings. The average molecular weight is 258 g/mol. The Bertz CT molecular complexity index is 529. The lowest BCUT2D eigenvalue weighted by molar-refractivity contribution is 0.466. The molecule has 4 nitrogen and oxygen atoms in total. The van der Waals surface area contributed by atoms with Crippen LogP contribution in [0.5, 0.6) is 0 Å². The third-order valence-electron chi connectivity index (χ3n) is 3.28. The van der Waals surface area contributed by atoms with Crippen molar-refractivity contribution in [1.29, 1.82) is 0 Å². The number of halogens is 1. The van der Waals surface area contributed by atoms with E-state index in [1.165, 1.54) is 12.1 Å². The van der Waals surface area contributed by atoms with Crippen LogP contribution < -0.4 is 10.2 Å². The van der Waals surface area contributed by atoms with Crippen molar-refractivity contribution < 1.29 is 4.39 Å². The summed E-state index contributed by atoms with van der Waals surface area (Å²) in [6.45, 7) is 2.53. The highest BCUT2D eigenvalue weighted by Crippen LogP contribution is 2.19. The molecular formula is C14H15FN4. The van der Waals surface area contributed by atoms with E-state index in [-0.39, 0.29) is 11.9 Å². The molecule has 1 fully saturated rings. The summed E-state index contributed by atoms with van der Waals surface area (Å²) >= 11 is 0. The lowest BCUT2D eigenvalue weighted by Crippen LogP contribution is -2.46. The highest BCUT2D eigenvalue weighted by atomic mass is 19.1.